The van der Waals surface area contributed by atoms with Crippen LogP contribution >= 0.6 is 0 Å². The number of aromatic nitrogens is 2. The predicted octanol–water partition coefficient (Wildman–Crippen LogP) is 4.69. The number of ether oxygens (including phenoxy) is 1. The molecule has 5 rings (SSSR count). The van der Waals surface area contributed by atoms with E-state index in [2.05, 4.69) is 27.6 Å². The number of amides is 1. The molecule has 7 heteroatoms. The molecule has 0 atom stereocenters. The van der Waals surface area contributed by atoms with Crippen LogP contribution in [0.3, 0.4) is 0 Å². The van der Waals surface area contributed by atoms with Crippen LogP contribution in [0.1, 0.15) is 27.5 Å². The molecule has 1 aliphatic rings. The Morgan fingerprint density at radius 2 is 1.48 bits per heavy atom. The Labute approximate surface area is 177 Å². The van der Waals surface area contributed by atoms with E-state index in [1.54, 1.807) is 24.3 Å². The predicted molar refractivity (Wildman–Crippen MR) is 115 cm³/mol. The molecule has 2 N–H and O–H groups in total. The van der Waals surface area contributed by atoms with Crippen molar-refractivity contribution in [2.45, 2.75) is 5.92 Å². The first kappa shape index (κ1) is 18.7. The van der Waals surface area contributed by atoms with Crippen LogP contribution in [0.15, 0.2) is 72.8 Å². The molecule has 1 aromatic heterocycles. The first-order chi connectivity index (χ1) is 15.1. The standard InChI is InChI=1S/C24H17N3O4/c28-23(29)22-21(18-11-5-6-12-20(18)26-27-22)25-24(30)31-13-19-16-9-3-1-7-14(16)15-8-2-4-10-17(15)19/h1-12,19H,13H2,(H,28,29)(H,25,26,30). The number of carbonyl (C=O) groups is 2. The molecule has 0 bridgehead atoms. The van der Waals surface area contributed by atoms with Gasteiger partial charge in [-0.3, -0.25) is 5.32 Å². The maximum absolute atomic E-state index is 12.6. The molecule has 0 saturated carbocycles. The normalized spacial score (nSPS) is 12.3. The largest absolute Gasteiger partial charge is 0.476 e. The molecule has 0 aliphatic heterocycles. The Kier molecular flexibility index (Phi) is 4.55. The Hall–Kier alpha value is -4.26. The lowest BCUT2D eigenvalue weighted by atomic mass is 9.98. The number of hydrogen-bond donors (Lipinski definition) is 2. The Morgan fingerprint density at radius 3 is 2.16 bits per heavy atom. The summed E-state index contributed by atoms with van der Waals surface area (Å²) in [6.45, 7) is 0.124. The molecule has 3 aromatic carbocycles. The average Bonchev–Trinajstić information content (AvgIpc) is 3.11. The van der Waals surface area contributed by atoms with Gasteiger partial charge in [0.15, 0.2) is 5.69 Å². The minimum atomic E-state index is -1.28. The number of anilines is 1. The zero-order chi connectivity index (χ0) is 21.4. The zero-order valence-corrected chi connectivity index (χ0v) is 16.3. The summed E-state index contributed by atoms with van der Waals surface area (Å²) in [5.74, 6) is -1.38. The van der Waals surface area contributed by atoms with Gasteiger partial charge >= 0.3 is 12.1 Å². The zero-order valence-electron chi connectivity index (χ0n) is 16.3. The van der Waals surface area contributed by atoms with Gasteiger partial charge < -0.3 is 9.84 Å². The van der Waals surface area contributed by atoms with Gasteiger partial charge in [0.05, 0.1) is 11.2 Å². The van der Waals surface area contributed by atoms with Gasteiger partial charge in [0.1, 0.15) is 6.61 Å². The number of rotatable bonds is 4. The van der Waals surface area contributed by atoms with E-state index in [-0.39, 0.29) is 23.9 Å². The summed E-state index contributed by atoms with van der Waals surface area (Å²) in [5.41, 5.74) is 4.65. The van der Waals surface area contributed by atoms with E-state index in [4.69, 9.17) is 4.74 Å². The first-order valence-corrected chi connectivity index (χ1v) is 9.74. The van der Waals surface area contributed by atoms with Crippen molar-refractivity contribution in [1.82, 2.24) is 10.2 Å². The third-order valence-corrected chi connectivity index (χ3v) is 5.44. The van der Waals surface area contributed by atoms with Gasteiger partial charge in [-0.2, -0.15) is 0 Å². The molecule has 0 spiro atoms. The number of nitrogens with one attached hydrogen (secondary N) is 1. The summed E-state index contributed by atoms with van der Waals surface area (Å²) >= 11 is 0. The average molecular weight is 411 g/mol. The van der Waals surface area contributed by atoms with Crippen LogP contribution in [0.25, 0.3) is 22.0 Å². The van der Waals surface area contributed by atoms with E-state index < -0.39 is 12.1 Å². The van der Waals surface area contributed by atoms with E-state index >= 15 is 0 Å². The molecular formula is C24H17N3O4. The molecule has 1 heterocycles. The van der Waals surface area contributed by atoms with Gasteiger partial charge in [-0.05, 0) is 28.3 Å². The fourth-order valence-corrected chi connectivity index (χ4v) is 4.07. The number of carboxylic acid groups (broad SMARTS) is 1. The van der Waals surface area contributed by atoms with Crippen molar-refractivity contribution in [2.24, 2.45) is 0 Å². The fraction of sp³-hybridized carbons (Fsp3) is 0.0833. The van der Waals surface area contributed by atoms with Crippen molar-refractivity contribution in [2.75, 3.05) is 11.9 Å². The summed E-state index contributed by atoms with van der Waals surface area (Å²) in [5, 5.41) is 20.1. The summed E-state index contributed by atoms with van der Waals surface area (Å²) in [7, 11) is 0. The molecule has 0 saturated heterocycles. The molecule has 0 unspecified atom stereocenters. The molecule has 4 aromatic rings. The monoisotopic (exact) mass is 411 g/mol. The van der Waals surface area contributed by atoms with E-state index in [9.17, 15) is 14.7 Å². The highest BCUT2D eigenvalue weighted by Crippen LogP contribution is 2.44. The lowest BCUT2D eigenvalue weighted by Gasteiger charge is -2.15. The van der Waals surface area contributed by atoms with Gasteiger partial charge in [0.25, 0.3) is 0 Å². The molecule has 0 radical (unpaired) electrons. The second kappa shape index (κ2) is 7.53. The minimum Gasteiger partial charge on any atom is -0.476 e. The quantitative estimate of drug-likeness (QED) is 0.505. The number of nitrogens with zero attached hydrogens (tertiary/aromatic N) is 2. The van der Waals surface area contributed by atoms with E-state index in [0.29, 0.717) is 10.9 Å². The number of carboxylic acids is 1. The number of benzene rings is 3. The SMILES string of the molecule is O=C(Nc1c(C(=O)O)nnc2ccccc12)OCC1c2ccccc2-c2ccccc21. The van der Waals surface area contributed by atoms with Crippen molar-refractivity contribution < 1.29 is 19.4 Å². The van der Waals surface area contributed by atoms with Crippen molar-refractivity contribution in [3.8, 4) is 11.1 Å². The smallest absolute Gasteiger partial charge is 0.411 e. The van der Waals surface area contributed by atoms with Crippen molar-refractivity contribution in [3.63, 3.8) is 0 Å². The highest BCUT2D eigenvalue weighted by atomic mass is 16.5. The van der Waals surface area contributed by atoms with Gasteiger partial charge in [-0.1, -0.05) is 66.7 Å². The van der Waals surface area contributed by atoms with Crippen LogP contribution in [0.2, 0.25) is 0 Å². The first-order valence-electron chi connectivity index (χ1n) is 9.74. The molecule has 31 heavy (non-hydrogen) atoms. The van der Waals surface area contributed by atoms with Crippen molar-refractivity contribution in [1.29, 1.82) is 0 Å². The Bertz CT molecular complexity index is 1290. The maximum Gasteiger partial charge on any atom is 0.411 e. The van der Waals surface area contributed by atoms with Crippen LogP contribution in [0.5, 0.6) is 0 Å². The van der Waals surface area contributed by atoms with Crippen molar-refractivity contribution >= 4 is 28.7 Å². The maximum atomic E-state index is 12.6. The fourth-order valence-electron chi connectivity index (χ4n) is 4.07. The summed E-state index contributed by atoms with van der Waals surface area (Å²) in [4.78, 5) is 24.2. The second-order valence-electron chi connectivity index (χ2n) is 7.20. The van der Waals surface area contributed by atoms with Gasteiger partial charge in [-0.15, -0.1) is 10.2 Å². The van der Waals surface area contributed by atoms with E-state index in [1.165, 1.54) is 0 Å². The van der Waals surface area contributed by atoms with Crippen LogP contribution in [0.4, 0.5) is 10.5 Å². The summed E-state index contributed by atoms with van der Waals surface area (Å²) in [6, 6.07) is 22.9. The van der Waals surface area contributed by atoms with Crippen LogP contribution in [-0.4, -0.2) is 34.0 Å². The van der Waals surface area contributed by atoms with Gasteiger partial charge in [0.2, 0.25) is 0 Å². The van der Waals surface area contributed by atoms with Crippen molar-refractivity contribution in [3.05, 3.63) is 89.6 Å². The second-order valence-corrected chi connectivity index (χ2v) is 7.20. The lowest BCUT2D eigenvalue weighted by molar-refractivity contribution is 0.0690. The van der Waals surface area contributed by atoms with E-state index in [0.717, 1.165) is 22.3 Å². The highest BCUT2D eigenvalue weighted by molar-refractivity contribution is 6.06. The van der Waals surface area contributed by atoms with E-state index in [1.807, 2.05) is 36.4 Å². The summed E-state index contributed by atoms with van der Waals surface area (Å²) < 4.78 is 5.54. The molecule has 0 fully saturated rings. The lowest BCUT2D eigenvalue weighted by Crippen LogP contribution is -2.20. The minimum absolute atomic E-state index is 0.0651. The number of hydrogen-bond acceptors (Lipinski definition) is 5. The van der Waals surface area contributed by atoms with Gasteiger partial charge in [-0.25, -0.2) is 9.59 Å². The molecule has 1 amide bonds. The number of carbonyl (C=O) groups excluding carboxylic acids is 1. The molecule has 152 valence electrons. The summed E-state index contributed by atoms with van der Waals surface area (Å²) in [6.07, 6.45) is -0.748. The Morgan fingerprint density at radius 1 is 0.871 bits per heavy atom. The number of fused-ring (bicyclic) bond motifs is 4. The molecule has 1 aliphatic carbocycles. The number of aromatic carboxylic acids is 1. The Balaban J connectivity index is 1.41. The molecule has 7 nitrogen and oxygen atoms in total. The van der Waals surface area contributed by atoms with Crippen LogP contribution < -0.4 is 5.32 Å². The highest BCUT2D eigenvalue weighted by Gasteiger charge is 2.29. The van der Waals surface area contributed by atoms with Crippen LogP contribution in [-0.2, 0) is 4.74 Å². The third kappa shape index (κ3) is 3.26. The molecular weight excluding hydrogens is 394 g/mol. The third-order valence-electron chi connectivity index (χ3n) is 5.44. The van der Waals surface area contributed by atoms with Crippen LogP contribution in [0, 0.1) is 0 Å². The topological polar surface area (TPSA) is 101 Å². The van der Waals surface area contributed by atoms with Gasteiger partial charge in [0, 0.05) is 11.3 Å².